The van der Waals surface area contributed by atoms with Crippen molar-refractivity contribution >= 4 is 47.9 Å². The Hall–Kier alpha value is -3.96. The highest BCUT2D eigenvalue weighted by molar-refractivity contribution is 7.80. The van der Waals surface area contributed by atoms with E-state index in [1.54, 1.807) is 12.1 Å². The van der Waals surface area contributed by atoms with E-state index < -0.39 is 15.8 Å². The van der Waals surface area contributed by atoms with Crippen molar-refractivity contribution in [2.45, 2.75) is 12.1 Å². The molecular weight excluding hydrogens is 526 g/mol. The van der Waals surface area contributed by atoms with Crippen molar-refractivity contribution in [3.63, 3.8) is 0 Å². The van der Waals surface area contributed by atoms with Crippen molar-refractivity contribution < 1.29 is 10.2 Å². The van der Waals surface area contributed by atoms with E-state index in [2.05, 4.69) is 109 Å². The molecule has 0 aromatic heterocycles. The minimum Gasteiger partial charge on any atom is -0.508 e. The number of aliphatic hydroxyl groups is 1. The van der Waals surface area contributed by atoms with Crippen LogP contribution in [0.1, 0.15) is 12.0 Å². The van der Waals surface area contributed by atoms with Crippen molar-refractivity contribution in [2.24, 2.45) is 0 Å². The quantitative estimate of drug-likeness (QED) is 0.215. The van der Waals surface area contributed by atoms with Crippen LogP contribution >= 0.6 is 15.8 Å². The van der Waals surface area contributed by atoms with Crippen LogP contribution in [0.2, 0.25) is 0 Å². The van der Waals surface area contributed by atoms with Crippen molar-refractivity contribution in [1.29, 1.82) is 0 Å². The molecular formula is C36H30O2P2. The summed E-state index contributed by atoms with van der Waals surface area (Å²) in [6, 6.07) is 48.1. The van der Waals surface area contributed by atoms with E-state index in [1.165, 1.54) is 21.2 Å². The molecule has 5 aromatic rings. The van der Waals surface area contributed by atoms with Gasteiger partial charge in [0.25, 0.3) is 0 Å². The standard InChI is InChI=1S/C36H30O2P2/c37-31-23-13-25-33(39(27-15-5-1-6-16-27)28-17-7-2-8-18-28)35(31)36-32(38)24-14-26-34(36)40(29-19-9-3-10-20-29)30-21-11-4-12-22-30/h1-25,34,37-38H,26H2. The molecule has 1 aliphatic carbocycles. The van der Waals surface area contributed by atoms with E-state index in [1.807, 2.05) is 30.3 Å². The van der Waals surface area contributed by atoms with Crippen LogP contribution in [0.25, 0.3) is 5.57 Å². The second-order valence-corrected chi connectivity index (χ2v) is 14.3. The van der Waals surface area contributed by atoms with Gasteiger partial charge in [0.05, 0.1) is 0 Å². The first-order valence-electron chi connectivity index (χ1n) is 13.4. The van der Waals surface area contributed by atoms with Gasteiger partial charge in [0.1, 0.15) is 11.5 Å². The van der Waals surface area contributed by atoms with Gasteiger partial charge in [-0.25, -0.2) is 0 Å². The molecule has 0 heterocycles. The summed E-state index contributed by atoms with van der Waals surface area (Å²) in [5, 5.41) is 29.1. The average molecular weight is 557 g/mol. The molecule has 5 aromatic carbocycles. The van der Waals surface area contributed by atoms with Gasteiger partial charge in [0.15, 0.2) is 0 Å². The van der Waals surface area contributed by atoms with E-state index in [-0.39, 0.29) is 17.2 Å². The minimum atomic E-state index is -0.996. The summed E-state index contributed by atoms with van der Waals surface area (Å²) >= 11 is 0. The first-order chi connectivity index (χ1) is 19.7. The molecule has 0 saturated heterocycles. The predicted octanol–water partition coefficient (Wildman–Crippen LogP) is 6.88. The van der Waals surface area contributed by atoms with Crippen LogP contribution in [0.15, 0.2) is 157 Å². The maximum absolute atomic E-state index is 11.6. The first-order valence-corrected chi connectivity index (χ1v) is 16.2. The third kappa shape index (κ3) is 5.26. The lowest BCUT2D eigenvalue weighted by Crippen LogP contribution is -2.29. The highest BCUT2D eigenvalue weighted by Gasteiger charge is 2.35. The zero-order valence-electron chi connectivity index (χ0n) is 22.0. The summed E-state index contributed by atoms with van der Waals surface area (Å²) in [6.07, 6.45) is 4.65. The van der Waals surface area contributed by atoms with Crippen LogP contribution in [0.4, 0.5) is 0 Å². The van der Waals surface area contributed by atoms with Crippen molar-refractivity contribution in [1.82, 2.24) is 0 Å². The van der Waals surface area contributed by atoms with E-state index in [0.29, 0.717) is 0 Å². The first kappa shape index (κ1) is 26.3. The molecule has 6 rings (SSSR count). The van der Waals surface area contributed by atoms with Gasteiger partial charge >= 0.3 is 0 Å². The summed E-state index contributed by atoms with van der Waals surface area (Å²) in [4.78, 5) is 0. The molecule has 2 nitrogen and oxygen atoms in total. The number of aromatic hydroxyl groups is 1. The molecule has 0 aliphatic heterocycles. The molecule has 0 radical (unpaired) electrons. The predicted molar refractivity (Wildman–Crippen MR) is 173 cm³/mol. The van der Waals surface area contributed by atoms with Crippen molar-refractivity contribution in [3.8, 4) is 5.75 Å². The Kier molecular flexibility index (Phi) is 7.92. The fraction of sp³-hybridized carbons (Fsp3) is 0.0556. The zero-order valence-corrected chi connectivity index (χ0v) is 23.8. The van der Waals surface area contributed by atoms with Crippen LogP contribution < -0.4 is 26.5 Å². The average Bonchev–Trinajstić information content (AvgIpc) is 3.01. The van der Waals surface area contributed by atoms with Gasteiger partial charge in [-0.2, -0.15) is 0 Å². The van der Waals surface area contributed by atoms with Gasteiger partial charge in [-0.15, -0.1) is 0 Å². The Bertz CT molecular complexity index is 1550. The summed E-state index contributed by atoms with van der Waals surface area (Å²) in [7, 11) is -1.88. The van der Waals surface area contributed by atoms with Gasteiger partial charge in [-0.3, -0.25) is 0 Å². The molecule has 196 valence electrons. The van der Waals surface area contributed by atoms with Gasteiger partial charge in [-0.05, 0) is 60.9 Å². The van der Waals surface area contributed by atoms with Gasteiger partial charge in [0, 0.05) is 16.8 Å². The Morgan fingerprint density at radius 2 is 1.00 bits per heavy atom. The van der Waals surface area contributed by atoms with Gasteiger partial charge < -0.3 is 10.2 Å². The van der Waals surface area contributed by atoms with E-state index in [9.17, 15) is 10.2 Å². The number of rotatable bonds is 7. The van der Waals surface area contributed by atoms with Gasteiger partial charge in [0.2, 0.25) is 0 Å². The number of benzene rings is 5. The molecule has 2 N–H and O–H groups in total. The van der Waals surface area contributed by atoms with Crippen molar-refractivity contribution in [3.05, 3.63) is 163 Å². The number of hydrogen-bond donors (Lipinski definition) is 2. The van der Waals surface area contributed by atoms with Crippen molar-refractivity contribution in [2.75, 3.05) is 0 Å². The van der Waals surface area contributed by atoms with Crippen LogP contribution in [-0.2, 0) is 0 Å². The molecule has 1 atom stereocenters. The Morgan fingerprint density at radius 1 is 0.525 bits per heavy atom. The van der Waals surface area contributed by atoms with Crippen LogP contribution in [-0.4, -0.2) is 15.9 Å². The molecule has 0 saturated carbocycles. The molecule has 40 heavy (non-hydrogen) atoms. The fourth-order valence-corrected chi connectivity index (χ4v) is 10.8. The number of phenolic OH excluding ortho intramolecular Hbond substituents is 1. The highest BCUT2D eigenvalue weighted by Crippen LogP contribution is 2.52. The second-order valence-electron chi connectivity index (χ2n) is 9.67. The third-order valence-electron chi connectivity index (χ3n) is 7.18. The summed E-state index contributed by atoms with van der Waals surface area (Å²) in [5.41, 5.74) is 1.57. The molecule has 0 fully saturated rings. The number of allylic oxidation sites excluding steroid dienone is 3. The maximum Gasteiger partial charge on any atom is 0.123 e. The molecule has 1 aliphatic rings. The molecule has 1 unspecified atom stereocenters. The Labute approximate surface area is 238 Å². The minimum absolute atomic E-state index is 0.0137. The van der Waals surface area contributed by atoms with Crippen LogP contribution in [0.3, 0.4) is 0 Å². The smallest absolute Gasteiger partial charge is 0.123 e. The number of phenols is 1. The second kappa shape index (κ2) is 12.1. The SMILES string of the molecule is OC1=C(c2c(O)cccc2P(c2ccccc2)c2ccccc2)C(P(c2ccccc2)c2ccccc2)CC=C1. The monoisotopic (exact) mass is 556 g/mol. The Balaban J connectivity index is 1.59. The van der Waals surface area contributed by atoms with E-state index in [0.717, 1.165) is 22.9 Å². The summed E-state index contributed by atoms with van der Waals surface area (Å²) < 4.78 is 0. The molecule has 0 amide bonds. The van der Waals surface area contributed by atoms with E-state index >= 15 is 0 Å². The topological polar surface area (TPSA) is 40.5 Å². The van der Waals surface area contributed by atoms with E-state index in [4.69, 9.17) is 0 Å². The third-order valence-corrected chi connectivity index (χ3v) is 12.5. The normalized spacial score (nSPS) is 15.1. The summed E-state index contributed by atoms with van der Waals surface area (Å²) in [6.45, 7) is 0. The largest absolute Gasteiger partial charge is 0.508 e. The molecule has 0 bridgehead atoms. The van der Waals surface area contributed by atoms with Crippen LogP contribution in [0, 0.1) is 0 Å². The summed E-state index contributed by atoms with van der Waals surface area (Å²) in [5.74, 6) is 0.434. The number of aliphatic hydroxyl groups excluding tert-OH is 1. The fourth-order valence-electron chi connectivity index (χ4n) is 5.47. The molecule has 4 heteroatoms. The zero-order chi connectivity index (χ0) is 27.3. The molecule has 0 spiro atoms. The lowest BCUT2D eigenvalue weighted by Gasteiger charge is -2.34. The lowest BCUT2D eigenvalue weighted by atomic mass is 9.94. The number of hydrogen-bond acceptors (Lipinski definition) is 2. The lowest BCUT2D eigenvalue weighted by molar-refractivity contribution is 0.429. The van der Waals surface area contributed by atoms with Crippen LogP contribution in [0.5, 0.6) is 5.75 Å². The Morgan fingerprint density at radius 3 is 1.50 bits per heavy atom. The highest BCUT2D eigenvalue weighted by atomic mass is 31.1. The maximum atomic E-state index is 11.6. The van der Waals surface area contributed by atoms with Gasteiger partial charge in [-0.1, -0.05) is 140 Å².